The molecule has 22 heavy (non-hydrogen) atoms. The summed E-state index contributed by atoms with van der Waals surface area (Å²) >= 11 is 11.9. The van der Waals surface area contributed by atoms with Crippen LogP contribution in [-0.2, 0) is 9.59 Å². The first-order valence-corrected chi connectivity index (χ1v) is 7.35. The lowest BCUT2D eigenvalue weighted by Gasteiger charge is -2.11. The van der Waals surface area contributed by atoms with Crippen LogP contribution in [0.25, 0.3) is 0 Å². The topological polar surface area (TPSA) is 58.2 Å². The minimum atomic E-state index is -0.813. The van der Waals surface area contributed by atoms with Crippen molar-refractivity contribution in [1.82, 2.24) is 0 Å². The van der Waals surface area contributed by atoms with Crippen LogP contribution in [0.1, 0.15) is 17.9 Å². The quantitative estimate of drug-likeness (QED) is 0.821. The van der Waals surface area contributed by atoms with Crippen molar-refractivity contribution >= 4 is 46.4 Å². The Balaban J connectivity index is 2.01. The van der Waals surface area contributed by atoms with Gasteiger partial charge in [-0.15, -0.1) is 11.6 Å². The molecule has 0 aliphatic heterocycles. The normalized spacial score (nSPS) is 11.6. The summed E-state index contributed by atoms with van der Waals surface area (Å²) in [4.78, 5) is 23.1. The minimum Gasteiger partial charge on any atom is -0.326 e. The summed E-state index contributed by atoms with van der Waals surface area (Å²) < 4.78 is 0. The summed E-state index contributed by atoms with van der Waals surface area (Å²) in [5, 5.41) is 5.14. The summed E-state index contributed by atoms with van der Waals surface area (Å²) in [6.07, 6.45) is 0. The van der Waals surface area contributed by atoms with Crippen LogP contribution in [0, 0.1) is 0 Å². The van der Waals surface area contributed by atoms with Crippen LogP contribution in [0.15, 0.2) is 48.5 Å². The molecule has 1 atom stereocenters. The van der Waals surface area contributed by atoms with E-state index in [4.69, 9.17) is 23.2 Å². The number of carbonyl (C=O) groups is 2. The number of hydrogen-bond acceptors (Lipinski definition) is 2. The highest BCUT2D eigenvalue weighted by Crippen LogP contribution is 2.24. The highest BCUT2D eigenvalue weighted by molar-refractivity contribution is 6.33. The summed E-state index contributed by atoms with van der Waals surface area (Å²) in [7, 11) is 0. The predicted molar refractivity (Wildman–Crippen MR) is 89.4 cm³/mol. The molecule has 0 bridgehead atoms. The molecule has 6 heteroatoms. The van der Waals surface area contributed by atoms with Gasteiger partial charge in [0.05, 0.1) is 0 Å². The second-order valence-electron chi connectivity index (χ2n) is 4.66. The molecule has 0 fully saturated rings. The molecule has 4 nitrogen and oxygen atoms in total. The van der Waals surface area contributed by atoms with Crippen molar-refractivity contribution in [3.63, 3.8) is 0 Å². The molecule has 0 saturated carbocycles. The predicted octanol–water partition coefficient (Wildman–Crippen LogP) is 4.22. The molecule has 2 aromatic rings. The number of alkyl halides is 1. The van der Waals surface area contributed by atoms with E-state index in [1.807, 2.05) is 0 Å². The summed E-state index contributed by atoms with van der Waals surface area (Å²) in [5.41, 5.74) is 1.92. The Kier molecular flexibility index (Phi) is 5.41. The maximum atomic E-state index is 12.1. The van der Waals surface area contributed by atoms with Crippen LogP contribution < -0.4 is 10.6 Å². The van der Waals surface area contributed by atoms with Crippen molar-refractivity contribution in [3.8, 4) is 0 Å². The fraction of sp³-hybridized carbons (Fsp3) is 0.125. The zero-order chi connectivity index (χ0) is 16.1. The highest BCUT2D eigenvalue weighted by Gasteiger charge is 2.17. The third-order valence-corrected chi connectivity index (χ3v) is 3.57. The molecular formula is C16H14Cl2N2O2. The number of carbonyl (C=O) groups excluding carboxylic acids is 2. The molecule has 0 saturated heterocycles. The van der Waals surface area contributed by atoms with E-state index in [0.717, 1.165) is 0 Å². The van der Waals surface area contributed by atoms with E-state index in [0.29, 0.717) is 22.0 Å². The van der Waals surface area contributed by atoms with Crippen LogP contribution in [0.4, 0.5) is 11.4 Å². The first-order chi connectivity index (χ1) is 10.5. The maximum absolute atomic E-state index is 12.1. The summed E-state index contributed by atoms with van der Waals surface area (Å²) in [6.45, 7) is 1.43. The third-order valence-electron chi connectivity index (χ3n) is 2.87. The van der Waals surface area contributed by atoms with Gasteiger partial charge in [0, 0.05) is 23.3 Å². The Morgan fingerprint density at radius 3 is 1.91 bits per heavy atom. The van der Waals surface area contributed by atoms with Crippen molar-refractivity contribution in [2.75, 3.05) is 10.6 Å². The Morgan fingerprint density at radius 2 is 1.41 bits per heavy atom. The zero-order valence-corrected chi connectivity index (χ0v) is 13.3. The van der Waals surface area contributed by atoms with Crippen LogP contribution >= 0.6 is 23.2 Å². The fourth-order valence-corrected chi connectivity index (χ4v) is 2.15. The van der Waals surface area contributed by atoms with Crippen molar-refractivity contribution < 1.29 is 9.59 Å². The Hall–Kier alpha value is -2.04. The van der Waals surface area contributed by atoms with Gasteiger partial charge in [0.2, 0.25) is 11.8 Å². The molecular weight excluding hydrogens is 323 g/mol. The van der Waals surface area contributed by atoms with Gasteiger partial charge < -0.3 is 10.6 Å². The Labute approximate surface area is 138 Å². The van der Waals surface area contributed by atoms with Gasteiger partial charge in [-0.1, -0.05) is 23.7 Å². The second-order valence-corrected chi connectivity index (χ2v) is 5.53. The number of benzene rings is 2. The molecule has 2 amide bonds. The van der Waals surface area contributed by atoms with Gasteiger partial charge in [0.1, 0.15) is 5.38 Å². The van der Waals surface area contributed by atoms with E-state index in [9.17, 15) is 9.59 Å². The van der Waals surface area contributed by atoms with Gasteiger partial charge in [-0.2, -0.15) is 0 Å². The average Bonchev–Trinajstić information content (AvgIpc) is 2.49. The molecule has 0 aromatic heterocycles. The Bertz CT molecular complexity index is 670. The fourth-order valence-electron chi connectivity index (χ4n) is 1.83. The number of halogens is 2. The number of nitrogens with one attached hydrogen (secondary N) is 2. The number of anilines is 2. The average molecular weight is 337 g/mol. The number of rotatable bonds is 4. The molecule has 1 unspecified atom stereocenters. The van der Waals surface area contributed by atoms with E-state index in [-0.39, 0.29) is 11.8 Å². The smallest absolute Gasteiger partial charge is 0.246 e. The lowest BCUT2D eigenvalue weighted by Crippen LogP contribution is -2.17. The largest absolute Gasteiger partial charge is 0.326 e. The van der Waals surface area contributed by atoms with Crippen LogP contribution in [0.3, 0.4) is 0 Å². The molecule has 0 radical (unpaired) electrons. The van der Waals surface area contributed by atoms with Gasteiger partial charge in [-0.05, 0) is 42.0 Å². The maximum Gasteiger partial charge on any atom is 0.246 e. The molecule has 0 heterocycles. The van der Waals surface area contributed by atoms with Crippen LogP contribution in [0.5, 0.6) is 0 Å². The summed E-state index contributed by atoms with van der Waals surface area (Å²) in [5.74, 6) is -0.489. The molecule has 2 aromatic carbocycles. The minimum absolute atomic E-state index is 0.152. The van der Waals surface area contributed by atoms with Crippen molar-refractivity contribution in [3.05, 3.63) is 59.1 Å². The summed E-state index contributed by atoms with van der Waals surface area (Å²) in [6, 6.07) is 13.6. The molecule has 0 aliphatic carbocycles. The SMILES string of the molecule is CC(=O)Nc1ccc(NC(=O)C(Cl)c2ccc(Cl)cc2)cc1. The Morgan fingerprint density at radius 1 is 0.909 bits per heavy atom. The lowest BCUT2D eigenvalue weighted by molar-refractivity contribution is -0.116. The second kappa shape index (κ2) is 7.29. The van der Waals surface area contributed by atoms with Gasteiger partial charge in [-0.25, -0.2) is 0 Å². The van der Waals surface area contributed by atoms with Crippen LogP contribution in [-0.4, -0.2) is 11.8 Å². The van der Waals surface area contributed by atoms with Gasteiger partial charge >= 0.3 is 0 Å². The van der Waals surface area contributed by atoms with Crippen molar-refractivity contribution in [1.29, 1.82) is 0 Å². The van der Waals surface area contributed by atoms with Gasteiger partial charge in [0.25, 0.3) is 0 Å². The standard InChI is InChI=1S/C16H14Cl2N2O2/c1-10(21)19-13-6-8-14(9-7-13)20-16(22)15(18)11-2-4-12(17)5-3-11/h2-9,15H,1H3,(H,19,21)(H,20,22). The zero-order valence-electron chi connectivity index (χ0n) is 11.8. The number of amides is 2. The molecule has 0 aliphatic rings. The lowest BCUT2D eigenvalue weighted by atomic mass is 10.1. The molecule has 114 valence electrons. The monoisotopic (exact) mass is 336 g/mol. The third kappa shape index (κ3) is 4.48. The van der Waals surface area contributed by atoms with E-state index in [2.05, 4.69) is 10.6 Å². The van der Waals surface area contributed by atoms with E-state index in [1.54, 1.807) is 48.5 Å². The van der Waals surface area contributed by atoms with E-state index < -0.39 is 5.38 Å². The van der Waals surface area contributed by atoms with Crippen molar-refractivity contribution in [2.45, 2.75) is 12.3 Å². The van der Waals surface area contributed by atoms with E-state index >= 15 is 0 Å². The number of hydrogen-bond donors (Lipinski definition) is 2. The molecule has 2 rings (SSSR count). The molecule has 2 N–H and O–H groups in total. The highest BCUT2D eigenvalue weighted by atomic mass is 35.5. The van der Waals surface area contributed by atoms with Gasteiger partial charge in [-0.3, -0.25) is 9.59 Å². The first kappa shape index (κ1) is 16.3. The molecule has 0 spiro atoms. The van der Waals surface area contributed by atoms with Crippen molar-refractivity contribution in [2.24, 2.45) is 0 Å². The van der Waals surface area contributed by atoms with Gasteiger partial charge in [0.15, 0.2) is 0 Å². The van der Waals surface area contributed by atoms with Crippen LogP contribution in [0.2, 0.25) is 5.02 Å². The van der Waals surface area contributed by atoms with E-state index in [1.165, 1.54) is 6.92 Å². The first-order valence-electron chi connectivity index (χ1n) is 6.54.